The van der Waals surface area contributed by atoms with Gasteiger partial charge >= 0.3 is 5.97 Å². The average Bonchev–Trinajstić information content (AvgIpc) is 2.26. The number of benzene rings is 1. The fourth-order valence-corrected chi connectivity index (χ4v) is 1.36. The lowest BCUT2D eigenvalue weighted by molar-refractivity contribution is -0.132. The van der Waals surface area contributed by atoms with E-state index in [4.69, 9.17) is 5.11 Å². The molecule has 0 aliphatic carbocycles. The maximum atomic E-state index is 10.6. The van der Waals surface area contributed by atoms with Crippen LogP contribution in [0.2, 0.25) is 0 Å². The number of rotatable bonds is 4. The Morgan fingerprint density at radius 3 is 2.53 bits per heavy atom. The van der Waals surface area contributed by atoms with E-state index in [1.54, 1.807) is 13.0 Å². The fourth-order valence-electron chi connectivity index (χ4n) is 1.36. The Morgan fingerprint density at radius 1 is 1.40 bits per heavy atom. The first-order valence-corrected chi connectivity index (χ1v) is 5.06. The second-order valence-corrected chi connectivity index (χ2v) is 3.74. The summed E-state index contributed by atoms with van der Waals surface area (Å²) in [5, 5.41) is 8.70. The SMILES string of the molecule is CC(=CCC(C)c1ccccc1)C(=O)O. The molecule has 1 unspecified atom stereocenters. The highest BCUT2D eigenvalue weighted by Gasteiger charge is 2.04. The van der Waals surface area contributed by atoms with Crippen molar-refractivity contribution in [2.75, 3.05) is 0 Å². The normalized spacial score (nSPS) is 13.6. The Labute approximate surface area is 90.3 Å². The molecule has 0 fully saturated rings. The summed E-state index contributed by atoms with van der Waals surface area (Å²) < 4.78 is 0. The molecular formula is C13H16O2. The largest absolute Gasteiger partial charge is 0.478 e. The van der Waals surface area contributed by atoms with E-state index in [1.165, 1.54) is 5.56 Å². The number of aliphatic carboxylic acids is 1. The molecule has 0 aliphatic heterocycles. The van der Waals surface area contributed by atoms with Crippen molar-refractivity contribution in [3.8, 4) is 0 Å². The molecule has 15 heavy (non-hydrogen) atoms. The number of hydrogen-bond acceptors (Lipinski definition) is 1. The van der Waals surface area contributed by atoms with E-state index in [1.807, 2.05) is 18.2 Å². The van der Waals surface area contributed by atoms with Gasteiger partial charge in [0.15, 0.2) is 0 Å². The molecule has 0 saturated heterocycles. The molecule has 0 bridgehead atoms. The van der Waals surface area contributed by atoms with E-state index in [0.717, 1.165) is 6.42 Å². The first-order valence-electron chi connectivity index (χ1n) is 5.06. The molecule has 0 heterocycles. The molecule has 1 rings (SSSR count). The molecule has 80 valence electrons. The third-order valence-corrected chi connectivity index (χ3v) is 2.48. The second-order valence-electron chi connectivity index (χ2n) is 3.74. The highest BCUT2D eigenvalue weighted by atomic mass is 16.4. The number of carboxylic acid groups (broad SMARTS) is 1. The van der Waals surface area contributed by atoms with Crippen LogP contribution in [-0.2, 0) is 4.79 Å². The monoisotopic (exact) mass is 204 g/mol. The van der Waals surface area contributed by atoms with Gasteiger partial charge in [0.2, 0.25) is 0 Å². The Balaban J connectivity index is 2.61. The molecule has 2 nitrogen and oxygen atoms in total. The van der Waals surface area contributed by atoms with Crippen molar-refractivity contribution < 1.29 is 9.90 Å². The maximum Gasteiger partial charge on any atom is 0.330 e. The van der Waals surface area contributed by atoms with E-state index < -0.39 is 5.97 Å². The van der Waals surface area contributed by atoms with Gasteiger partial charge in [-0.25, -0.2) is 4.79 Å². The molecule has 2 heteroatoms. The first-order chi connectivity index (χ1) is 7.11. The molecule has 0 spiro atoms. The summed E-state index contributed by atoms with van der Waals surface area (Å²) in [6.45, 7) is 3.72. The van der Waals surface area contributed by atoms with Crippen molar-refractivity contribution in [3.05, 3.63) is 47.5 Å². The van der Waals surface area contributed by atoms with Gasteiger partial charge in [0.05, 0.1) is 0 Å². The van der Waals surface area contributed by atoms with Crippen LogP contribution in [0.3, 0.4) is 0 Å². The molecule has 1 aromatic carbocycles. The van der Waals surface area contributed by atoms with E-state index in [9.17, 15) is 4.79 Å². The molecule has 0 aromatic heterocycles. The summed E-state index contributed by atoms with van der Waals surface area (Å²) in [4.78, 5) is 10.6. The van der Waals surface area contributed by atoms with Crippen LogP contribution in [0.4, 0.5) is 0 Å². The van der Waals surface area contributed by atoms with E-state index >= 15 is 0 Å². The van der Waals surface area contributed by atoms with Crippen molar-refractivity contribution in [3.63, 3.8) is 0 Å². The highest BCUT2D eigenvalue weighted by Crippen LogP contribution is 2.19. The van der Waals surface area contributed by atoms with Crippen LogP contribution in [0.25, 0.3) is 0 Å². The minimum Gasteiger partial charge on any atom is -0.478 e. The first kappa shape index (κ1) is 11.5. The van der Waals surface area contributed by atoms with Gasteiger partial charge in [0.25, 0.3) is 0 Å². The van der Waals surface area contributed by atoms with Gasteiger partial charge < -0.3 is 5.11 Å². The Bertz CT molecular complexity index is 352. The van der Waals surface area contributed by atoms with Gasteiger partial charge in [-0.15, -0.1) is 0 Å². The zero-order valence-corrected chi connectivity index (χ0v) is 9.10. The van der Waals surface area contributed by atoms with Crippen molar-refractivity contribution in [1.29, 1.82) is 0 Å². The average molecular weight is 204 g/mol. The summed E-state index contributed by atoms with van der Waals surface area (Å²) in [6.07, 6.45) is 2.54. The predicted octanol–water partition coefficient (Wildman–Crippen LogP) is 3.21. The van der Waals surface area contributed by atoms with Crippen LogP contribution in [0.1, 0.15) is 31.7 Å². The van der Waals surface area contributed by atoms with Crippen LogP contribution in [0, 0.1) is 0 Å². The molecular weight excluding hydrogens is 188 g/mol. The standard InChI is InChI=1S/C13H16O2/c1-10(8-9-11(2)13(14)15)12-6-4-3-5-7-12/h3-7,9-10H,8H2,1-2H3,(H,14,15). The topological polar surface area (TPSA) is 37.3 Å². The van der Waals surface area contributed by atoms with Gasteiger partial charge in [0.1, 0.15) is 0 Å². The number of hydrogen-bond donors (Lipinski definition) is 1. The number of carbonyl (C=O) groups is 1. The summed E-state index contributed by atoms with van der Waals surface area (Å²) in [7, 11) is 0. The van der Waals surface area contributed by atoms with Gasteiger partial charge in [-0.05, 0) is 24.8 Å². The zero-order valence-electron chi connectivity index (χ0n) is 9.10. The Morgan fingerprint density at radius 2 is 2.00 bits per heavy atom. The number of carboxylic acids is 1. The van der Waals surface area contributed by atoms with Crippen molar-refractivity contribution in [1.82, 2.24) is 0 Å². The molecule has 1 N–H and O–H groups in total. The highest BCUT2D eigenvalue weighted by molar-refractivity contribution is 5.85. The third kappa shape index (κ3) is 3.58. The van der Waals surface area contributed by atoms with Gasteiger partial charge in [0, 0.05) is 5.57 Å². The van der Waals surface area contributed by atoms with E-state index in [-0.39, 0.29) is 0 Å². The maximum absolute atomic E-state index is 10.6. The summed E-state index contributed by atoms with van der Waals surface area (Å²) in [5.41, 5.74) is 1.66. The quantitative estimate of drug-likeness (QED) is 0.764. The lowest BCUT2D eigenvalue weighted by Crippen LogP contribution is -1.97. The predicted molar refractivity (Wildman–Crippen MR) is 60.9 cm³/mol. The Hall–Kier alpha value is -1.57. The van der Waals surface area contributed by atoms with Crippen LogP contribution in [-0.4, -0.2) is 11.1 Å². The Kier molecular flexibility index (Phi) is 4.10. The summed E-state index contributed by atoms with van der Waals surface area (Å²) in [5.74, 6) is -0.476. The van der Waals surface area contributed by atoms with Crippen molar-refractivity contribution in [2.45, 2.75) is 26.2 Å². The molecule has 0 amide bonds. The van der Waals surface area contributed by atoms with E-state index in [2.05, 4.69) is 19.1 Å². The summed E-state index contributed by atoms with van der Waals surface area (Å²) in [6, 6.07) is 10.1. The lowest BCUT2D eigenvalue weighted by Gasteiger charge is -2.08. The van der Waals surface area contributed by atoms with Crippen LogP contribution < -0.4 is 0 Å². The van der Waals surface area contributed by atoms with Gasteiger partial charge in [-0.3, -0.25) is 0 Å². The fraction of sp³-hybridized carbons (Fsp3) is 0.308. The van der Waals surface area contributed by atoms with Crippen molar-refractivity contribution >= 4 is 5.97 Å². The van der Waals surface area contributed by atoms with Crippen LogP contribution in [0.15, 0.2) is 42.0 Å². The van der Waals surface area contributed by atoms with Crippen molar-refractivity contribution in [2.24, 2.45) is 0 Å². The second kappa shape index (κ2) is 5.35. The third-order valence-electron chi connectivity index (χ3n) is 2.48. The minimum atomic E-state index is -0.838. The van der Waals surface area contributed by atoms with Crippen LogP contribution >= 0.6 is 0 Å². The molecule has 0 radical (unpaired) electrons. The molecule has 0 saturated carbocycles. The lowest BCUT2D eigenvalue weighted by atomic mass is 9.97. The summed E-state index contributed by atoms with van der Waals surface area (Å²) >= 11 is 0. The molecule has 0 aliphatic rings. The van der Waals surface area contributed by atoms with Gasteiger partial charge in [-0.2, -0.15) is 0 Å². The molecule has 1 atom stereocenters. The number of allylic oxidation sites excluding steroid dienone is 1. The smallest absolute Gasteiger partial charge is 0.330 e. The molecule has 1 aromatic rings. The van der Waals surface area contributed by atoms with E-state index in [0.29, 0.717) is 11.5 Å². The van der Waals surface area contributed by atoms with Gasteiger partial charge in [-0.1, -0.05) is 43.3 Å². The zero-order chi connectivity index (χ0) is 11.3. The minimum absolute atomic E-state index is 0.362. The van der Waals surface area contributed by atoms with Crippen LogP contribution in [0.5, 0.6) is 0 Å².